The zero-order chi connectivity index (χ0) is 25.4. The van der Waals surface area contributed by atoms with Gasteiger partial charge >= 0.3 is 0 Å². The number of anilines is 1. The molecule has 5 heterocycles. The number of Topliss-reactive ketones (excluding diaryl/α,β-unsaturated/α-hetero) is 2. The van der Waals surface area contributed by atoms with Gasteiger partial charge in [0.25, 0.3) is 5.56 Å². The van der Waals surface area contributed by atoms with Crippen molar-refractivity contribution in [1.29, 1.82) is 0 Å². The topological polar surface area (TPSA) is 111 Å². The molecule has 1 atom stereocenters. The lowest BCUT2D eigenvalue weighted by atomic mass is 9.76. The van der Waals surface area contributed by atoms with Crippen LogP contribution < -0.4 is 10.5 Å². The smallest absolute Gasteiger partial charge is 0.264 e. The van der Waals surface area contributed by atoms with Crippen molar-refractivity contribution in [3.63, 3.8) is 0 Å². The normalized spacial score (nSPS) is 28.3. The Morgan fingerprint density at radius 2 is 1.27 bits per heavy atom. The van der Waals surface area contributed by atoms with Crippen molar-refractivity contribution in [3.8, 4) is 0 Å². The fourth-order valence-electron chi connectivity index (χ4n) is 6.99. The van der Waals surface area contributed by atoms with Crippen LogP contribution in [0.15, 0.2) is 4.79 Å². The standard InChI is InChI=1S/C26H38N6O5/c33-21-19-20(27-25(28-24(19)35)30-9-5-2-6-10-30)22(29-7-3-1-4-8-29)26(23(21)34,31-11-15-36-16-12-31)32-13-17-37-18-14-32/h22H,1-18H2,(H,27,28,35). The van der Waals surface area contributed by atoms with Crippen LogP contribution in [0.5, 0.6) is 0 Å². The average Bonchev–Trinajstić information content (AvgIpc) is 2.96. The Hall–Kier alpha value is -2.18. The van der Waals surface area contributed by atoms with Gasteiger partial charge in [0.05, 0.1) is 38.2 Å². The van der Waals surface area contributed by atoms with Crippen molar-refractivity contribution < 1.29 is 19.1 Å². The van der Waals surface area contributed by atoms with Crippen LogP contribution in [-0.2, 0) is 14.3 Å². The third kappa shape index (κ3) is 4.24. The van der Waals surface area contributed by atoms with Crippen LogP contribution in [-0.4, -0.2) is 121 Å². The van der Waals surface area contributed by atoms with E-state index in [-0.39, 0.29) is 5.56 Å². The second-order valence-electron chi connectivity index (χ2n) is 10.8. The number of hydrogen-bond donors (Lipinski definition) is 1. The Labute approximate surface area is 217 Å². The molecule has 1 unspecified atom stereocenters. The number of ketones is 2. The molecule has 11 heteroatoms. The van der Waals surface area contributed by atoms with Crippen LogP contribution in [0.25, 0.3) is 0 Å². The molecule has 0 bridgehead atoms. The summed E-state index contributed by atoms with van der Waals surface area (Å²) in [7, 11) is 0. The first kappa shape index (κ1) is 25.1. The second-order valence-corrected chi connectivity index (χ2v) is 10.8. The first-order chi connectivity index (χ1) is 18.1. The molecule has 202 valence electrons. The number of rotatable bonds is 4. The van der Waals surface area contributed by atoms with Gasteiger partial charge in [-0.1, -0.05) is 6.42 Å². The third-order valence-corrected chi connectivity index (χ3v) is 8.74. The minimum Gasteiger partial charge on any atom is -0.379 e. The summed E-state index contributed by atoms with van der Waals surface area (Å²) in [6.07, 6.45) is 6.40. The Morgan fingerprint density at radius 3 is 1.84 bits per heavy atom. The van der Waals surface area contributed by atoms with Crippen molar-refractivity contribution >= 4 is 17.5 Å². The number of hydrogen-bond acceptors (Lipinski definition) is 10. The minimum absolute atomic E-state index is 0.0709. The van der Waals surface area contributed by atoms with E-state index in [0.717, 1.165) is 64.7 Å². The minimum atomic E-state index is -1.24. The number of likely N-dealkylation sites (tertiary alicyclic amines) is 1. The van der Waals surface area contributed by atoms with E-state index in [1.165, 1.54) is 0 Å². The first-order valence-corrected chi connectivity index (χ1v) is 14.0. The molecule has 0 spiro atoms. The Kier molecular flexibility index (Phi) is 7.15. The summed E-state index contributed by atoms with van der Waals surface area (Å²) in [5.41, 5.74) is -1.34. The van der Waals surface area contributed by atoms with E-state index in [4.69, 9.17) is 14.5 Å². The summed E-state index contributed by atoms with van der Waals surface area (Å²) >= 11 is 0. The molecule has 4 aliphatic heterocycles. The fraction of sp³-hybridized carbons (Fsp3) is 0.769. The SMILES string of the molecule is O=C1C(=O)C(N2CCOCC2)(N2CCOCC2)C(N2CCCCC2)c2nc(N3CCCCC3)[nH]c(=O)c21. The second kappa shape index (κ2) is 10.5. The number of H-pyrrole nitrogens is 1. The molecule has 0 radical (unpaired) electrons. The zero-order valence-electron chi connectivity index (χ0n) is 21.6. The van der Waals surface area contributed by atoms with Gasteiger partial charge in [-0.3, -0.25) is 34.1 Å². The molecule has 4 saturated heterocycles. The molecule has 11 nitrogen and oxygen atoms in total. The van der Waals surface area contributed by atoms with Gasteiger partial charge in [0.2, 0.25) is 17.5 Å². The highest BCUT2D eigenvalue weighted by Crippen LogP contribution is 2.46. The van der Waals surface area contributed by atoms with Crippen molar-refractivity contribution in [2.45, 2.75) is 50.2 Å². The van der Waals surface area contributed by atoms with Gasteiger partial charge < -0.3 is 14.4 Å². The molecular formula is C26H38N6O5. The summed E-state index contributed by atoms with van der Waals surface area (Å²) in [5.74, 6) is -0.719. The van der Waals surface area contributed by atoms with Gasteiger partial charge in [-0.2, -0.15) is 0 Å². The van der Waals surface area contributed by atoms with E-state index in [9.17, 15) is 14.4 Å². The lowest BCUT2D eigenvalue weighted by Gasteiger charge is -2.58. The maximum Gasteiger partial charge on any atom is 0.264 e. The number of piperidine rings is 2. The van der Waals surface area contributed by atoms with Crippen molar-refractivity contribution in [1.82, 2.24) is 24.7 Å². The fourth-order valence-corrected chi connectivity index (χ4v) is 6.99. The summed E-state index contributed by atoms with van der Waals surface area (Å²) in [6.45, 7) is 7.38. The zero-order valence-corrected chi connectivity index (χ0v) is 21.6. The molecular weight excluding hydrogens is 476 g/mol. The monoisotopic (exact) mass is 514 g/mol. The van der Waals surface area contributed by atoms with E-state index in [1.807, 2.05) is 0 Å². The average molecular weight is 515 g/mol. The summed E-state index contributed by atoms with van der Waals surface area (Å²) in [4.78, 5) is 58.5. The quantitative estimate of drug-likeness (QED) is 0.567. The van der Waals surface area contributed by atoms with Crippen molar-refractivity contribution in [2.75, 3.05) is 83.7 Å². The predicted octanol–water partition coefficient (Wildman–Crippen LogP) is 0.413. The number of nitrogens with one attached hydrogen (secondary N) is 1. The number of carbonyl (C=O) groups is 2. The number of carbonyl (C=O) groups excluding carboxylic acids is 2. The maximum atomic E-state index is 14.5. The van der Waals surface area contributed by atoms with Crippen molar-refractivity contribution in [3.05, 3.63) is 21.6 Å². The molecule has 1 aromatic rings. The molecule has 1 N–H and O–H groups in total. The number of aromatic amines is 1. The molecule has 6 rings (SSSR count). The number of nitrogens with zero attached hydrogens (tertiary/aromatic N) is 5. The van der Waals surface area contributed by atoms with Gasteiger partial charge in [-0.15, -0.1) is 0 Å². The summed E-state index contributed by atoms with van der Waals surface area (Å²) in [5, 5.41) is 0. The molecule has 0 aromatic carbocycles. The van der Waals surface area contributed by atoms with Crippen LogP contribution in [0, 0.1) is 0 Å². The lowest BCUT2D eigenvalue weighted by molar-refractivity contribution is -0.179. The van der Waals surface area contributed by atoms with E-state index in [0.29, 0.717) is 64.2 Å². The molecule has 1 aromatic heterocycles. The molecule has 1 aliphatic carbocycles. The van der Waals surface area contributed by atoms with Crippen LogP contribution in [0.2, 0.25) is 0 Å². The lowest BCUT2D eigenvalue weighted by Crippen LogP contribution is -2.76. The molecule has 5 aliphatic rings. The van der Waals surface area contributed by atoms with Gasteiger partial charge in [0.1, 0.15) is 5.56 Å². The maximum absolute atomic E-state index is 14.5. The van der Waals surface area contributed by atoms with E-state index in [1.54, 1.807) is 0 Å². The molecule has 37 heavy (non-hydrogen) atoms. The Morgan fingerprint density at radius 1 is 0.730 bits per heavy atom. The summed E-state index contributed by atoms with van der Waals surface area (Å²) < 4.78 is 11.4. The van der Waals surface area contributed by atoms with Crippen LogP contribution in [0.3, 0.4) is 0 Å². The van der Waals surface area contributed by atoms with Crippen LogP contribution >= 0.6 is 0 Å². The highest BCUT2D eigenvalue weighted by Gasteiger charge is 2.63. The van der Waals surface area contributed by atoms with Gasteiger partial charge in [-0.25, -0.2) is 4.98 Å². The Balaban J connectivity index is 1.57. The number of morpholine rings is 2. The predicted molar refractivity (Wildman–Crippen MR) is 136 cm³/mol. The van der Waals surface area contributed by atoms with E-state index in [2.05, 4.69) is 24.6 Å². The van der Waals surface area contributed by atoms with E-state index < -0.39 is 28.8 Å². The third-order valence-electron chi connectivity index (χ3n) is 8.74. The van der Waals surface area contributed by atoms with Crippen LogP contribution in [0.1, 0.15) is 60.6 Å². The number of fused-ring (bicyclic) bond motifs is 1. The molecule has 4 fully saturated rings. The highest BCUT2D eigenvalue weighted by atomic mass is 16.5. The molecule has 0 saturated carbocycles. The largest absolute Gasteiger partial charge is 0.379 e. The highest BCUT2D eigenvalue weighted by molar-refractivity contribution is 6.47. The van der Waals surface area contributed by atoms with Gasteiger partial charge in [0.15, 0.2) is 5.66 Å². The van der Waals surface area contributed by atoms with E-state index >= 15 is 0 Å². The van der Waals surface area contributed by atoms with Gasteiger partial charge in [0, 0.05) is 39.3 Å². The number of ether oxygens (including phenoxy) is 2. The molecule has 0 amide bonds. The van der Waals surface area contributed by atoms with Gasteiger partial charge in [-0.05, 0) is 45.2 Å². The Bertz CT molecular complexity index is 1050. The first-order valence-electron chi connectivity index (χ1n) is 14.0. The summed E-state index contributed by atoms with van der Waals surface area (Å²) in [6, 6.07) is -0.518. The van der Waals surface area contributed by atoms with Crippen molar-refractivity contribution in [2.24, 2.45) is 0 Å². The van der Waals surface area contributed by atoms with Crippen LogP contribution in [0.4, 0.5) is 5.95 Å². The number of aromatic nitrogens is 2.